The van der Waals surface area contributed by atoms with Gasteiger partial charge in [0.25, 0.3) is 11.8 Å². The van der Waals surface area contributed by atoms with Gasteiger partial charge in [-0.2, -0.15) is 10.4 Å². The molecule has 5 aliphatic heterocycles. The van der Waals surface area contributed by atoms with Gasteiger partial charge in [0, 0.05) is 125 Å². The first-order valence-electron chi connectivity index (χ1n) is 26.7. The van der Waals surface area contributed by atoms with Gasteiger partial charge in [-0.1, -0.05) is 0 Å². The van der Waals surface area contributed by atoms with Crippen LogP contribution in [-0.4, -0.2) is 160 Å². The summed E-state index contributed by atoms with van der Waals surface area (Å²) < 4.78 is 36.8. The minimum Gasteiger partial charge on any atom is -0.492 e. The summed E-state index contributed by atoms with van der Waals surface area (Å²) >= 11 is 0. The molecule has 1 aliphatic carbocycles. The van der Waals surface area contributed by atoms with Crippen LogP contribution in [0.2, 0.25) is 0 Å². The fraction of sp³-hybridized carbons (Fsp3) is 0.464. The highest BCUT2D eigenvalue weighted by Gasteiger charge is 2.42. The van der Waals surface area contributed by atoms with Crippen molar-refractivity contribution >= 4 is 46.6 Å². The average Bonchev–Trinajstić information content (AvgIpc) is 4.04. The summed E-state index contributed by atoms with van der Waals surface area (Å²) in [6.07, 6.45) is 10.3. The quantitative estimate of drug-likeness (QED) is 0.159. The maximum atomic E-state index is 15.0. The summed E-state index contributed by atoms with van der Waals surface area (Å²) in [5, 5.41) is 19.7. The van der Waals surface area contributed by atoms with Crippen molar-refractivity contribution in [1.82, 2.24) is 44.8 Å². The van der Waals surface area contributed by atoms with Gasteiger partial charge in [-0.25, -0.2) is 18.3 Å². The standard InChI is InChI=1S/C56H62F2N12O6/c1-2-76-43-29-45(51-39(30-59)32-61-70(51)34-43)37-5-13-49(60-31-37)67-17-15-56(16-18-67,63-52(72)46-28-40(57)6-11-47(46)58)35-64-19-21-65(22-20-64)41-7-3-36(4-8-41)54(74)68-25-23-66(24-26-68)42-9-10-44-38(27-42)33-69(55(44)75)48-12-14-50(71)62-53(48)73/h5-6,9-11,13,27-29,31-32,34,36,41,48H,2-4,7-8,12,14-26,33,35H2,1H3,(H,63,72)(H,62,71,73). The molecule has 1 unspecified atom stereocenters. The van der Waals surface area contributed by atoms with E-state index in [-0.39, 0.29) is 35.6 Å². The van der Waals surface area contributed by atoms with Gasteiger partial charge < -0.3 is 29.7 Å². The topological polar surface area (TPSA) is 192 Å². The second-order valence-corrected chi connectivity index (χ2v) is 21.1. The Morgan fingerprint density at radius 2 is 1.63 bits per heavy atom. The van der Waals surface area contributed by atoms with Crippen LogP contribution in [-0.2, 0) is 20.9 Å². The number of imide groups is 1. The molecule has 3 aromatic heterocycles. The zero-order valence-electron chi connectivity index (χ0n) is 42.7. The van der Waals surface area contributed by atoms with Crippen LogP contribution < -0.4 is 25.2 Å². The number of fused-ring (bicyclic) bond motifs is 2. The molecule has 0 bridgehead atoms. The Labute approximate surface area is 439 Å². The van der Waals surface area contributed by atoms with E-state index in [9.17, 15) is 38.0 Å². The number of halogens is 2. The summed E-state index contributed by atoms with van der Waals surface area (Å²) in [5.41, 5.74) is 4.07. The third kappa shape index (κ3) is 10.2. The van der Waals surface area contributed by atoms with Crippen LogP contribution in [0.15, 0.2) is 73.2 Å². The number of anilines is 2. The Bertz CT molecular complexity index is 3090. The molecule has 2 aromatic carbocycles. The lowest BCUT2D eigenvalue weighted by Crippen LogP contribution is -2.63. The van der Waals surface area contributed by atoms with Crippen molar-refractivity contribution in [3.05, 3.63) is 107 Å². The predicted molar refractivity (Wildman–Crippen MR) is 277 cm³/mol. The van der Waals surface area contributed by atoms with E-state index >= 15 is 0 Å². The van der Waals surface area contributed by atoms with Crippen LogP contribution in [0.1, 0.15) is 90.1 Å². The van der Waals surface area contributed by atoms with Crippen molar-refractivity contribution in [2.45, 2.75) is 82.5 Å². The van der Waals surface area contributed by atoms with E-state index in [4.69, 9.17) is 9.72 Å². The van der Waals surface area contributed by atoms with Crippen molar-refractivity contribution in [2.75, 3.05) is 88.4 Å². The molecule has 5 aromatic rings. The number of piperidine rings is 2. The first-order chi connectivity index (χ1) is 36.8. The van der Waals surface area contributed by atoms with E-state index < -0.39 is 35.0 Å². The minimum absolute atomic E-state index is 0.0115. The third-order valence-corrected chi connectivity index (χ3v) is 16.6. The van der Waals surface area contributed by atoms with Crippen molar-refractivity contribution in [2.24, 2.45) is 5.92 Å². The monoisotopic (exact) mass is 1040 g/mol. The van der Waals surface area contributed by atoms with Gasteiger partial charge in [-0.15, -0.1) is 0 Å². The number of carbonyl (C=O) groups is 5. The van der Waals surface area contributed by atoms with Crippen LogP contribution in [0.3, 0.4) is 0 Å². The molecule has 18 nitrogen and oxygen atoms in total. The lowest BCUT2D eigenvalue weighted by molar-refractivity contribution is -0.138. The Morgan fingerprint density at radius 1 is 0.855 bits per heavy atom. The summed E-state index contributed by atoms with van der Waals surface area (Å²) in [6, 6.07) is 16.5. The Kier molecular flexibility index (Phi) is 14.2. The number of ether oxygens (including phenoxy) is 1. The van der Waals surface area contributed by atoms with Crippen molar-refractivity contribution in [3.8, 4) is 22.9 Å². The normalized spacial score (nSPS) is 22.3. The Balaban J connectivity index is 0.675. The molecule has 8 heterocycles. The number of aromatic nitrogens is 3. The van der Waals surface area contributed by atoms with Gasteiger partial charge in [0.05, 0.1) is 41.2 Å². The first-order valence-corrected chi connectivity index (χ1v) is 26.7. The number of amides is 5. The van der Waals surface area contributed by atoms with Crippen molar-refractivity contribution < 1.29 is 37.5 Å². The number of pyridine rings is 2. The van der Waals surface area contributed by atoms with Crippen LogP contribution in [0.25, 0.3) is 16.6 Å². The van der Waals surface area contributed by atoms with Crippen LogP contribution in [0.4, 0.5) is 20.3 Å². The SMILES string of the molecule is CCOc1cc(-c2ccc(N3CCC(CN4CCN(C5CCC(C(=O)N6CCN(c7ccc8c(c7)CN(C7CCC(=O)NC7=O)C8=O)CC6)CC5)CC4)(NC(=O)c4cc(F)ccc4F)CC3)nc2)c2c(C#N)cnn2c1. The van der Waals surface area contributed by atoms with Crippen LogP contribution in [0.5, 0.6) is 5.75 Å². The number of hydrogen-bond donors (Lipinski definition) is 2. The molecule has 6 aliphatic rings. The number of nitrogens with zero attached hydrogens (tertiary/aromatic N) is 10. The van der Waals surface area contributed by atoms with Gasteiger partial charge in [0.15, 0.2) is 0 Å². The maximum Gasteiger partial charge on any atom is 0.255 e. The zero-order valence-corrected chi connectivity index (χ0v) is 42.7. The molecule has 0 spiro atoms. The highest BCUT2D eigenvalue weighted by molar-refractivity contribution is 6.05. The second-order valence-electron chi connectivity index (χ2n) is 21.1. The Morgan fingerprint density at radius 3 is 2.34 bits per heavy atom. The second kappa shape index (κ2) is 21.3. The number of benzene rings is 2. The molecule has 396 valence electrons. The molecule has 0 radical (unpaired) electrons. The van der Waals surface area contributed by atoms with Gasteiger partial charge in [0.2, 0.25) is 17.7 Å². The van der Waals surface area contributed by atoms with E-state index in [0.717, 1.165) is 98.3 Å². The molecule has 2 N–H and O–H groups in total. The van der Waals surface area contributed by atoms with Gasteiger partial charge in [0.1, 0.15) is 35.3 Å². The fourth-order valence-corrected chi connectivity index (χ4v) is 12.4. The molecule has 5 amide bonds. The molecule has 11 rings (SSSR count). The number of piperazine rings is 2. The zero-order chi connectivity index (χ0) is 52.7. The molecule has 1 atom stereocenters. The lowest BCUT2D eigenvalue weighted by atomic mass is 9.84. The van der Waals surface area contributed by atoms with Crippen LogP contribution >= 0.6 is 0 Å². The smallest absolute Gasteiger partial charge is 0.255 e. The van der Waals surface area contributed by atoms with E-state index in [1.165, 1.54) is 6.20 Å². The number of carbonyl (C=O) groups excluding carboxylic acids is 5. The lowest BCUT2D eigenvalue weighted by Gasteiger charge is -2.48. The molecule has 5 fully saturated rings. The molecule has 76 heavy (non-hydrogen) atoms. The number of nitrogens with one attached hydrogen (secondary N) is 2. The molecular formula is C56H62F2N12O6. The predicted octanol–water partition coefficient (Wildman–Crippen LogP) is 5.00. The largest absolute Gasteiger partial charge is 0.492 e. The molecule has 1 saturated carbocycles. The fourth-order valence-electron chi connectivity index (χ4n) is 12.4. The van der Waals surface area contributed by atoms with Crippen molar-refractivity contribution in [3.63, 3.8) is 0 Å². The van der Waals surface area contributed by atoms with E-state index in [1.807, 2.05) is 48.2 Å². The highest BCUT2D eigenvalue weighted by atomic mass is 19.1. The molecule has 4 saturated heterocycles. The van der Waals surface area contributed by atoms with Gasteiger partial charge in [-0.3, -0.25) is 39.1 Å². The minimum atomic E-state index is -0.777. The maximum absolute atomic E-state index is 15.0. The summed E-state index contributed by atoms with van der Waals surface area (Å²) in [7, 11) is 0. The van der Waals surface area contributed by atoms with E-state index in [2.05, 4.69) is 41.4 Å². The summed E-state index contributed by atoms with van der Waals surface area (Å²) in [4.78, 5) is 82.9. The van der Waals surface area contributed by atoms with E-state index in [1.54, 1.807) is 21.8 Å². The molecular weight excluding hydrogens is 975 g/mol. The van der Waals surface area contributed by atoms with Crippen LogP contribution in [0, 0.1) is 28.9 Å². The number of nitriles is 1. The Hall–Kier alpha value is -7.50. The number of hydrogen-bond acceptors (Lipinski definition) is 13. The van der Waals surface area contributed by atoms with Crippen molar-refractivity contribution in [1.29, 1.82) is 5.26 Å². The molecule has 20 heteroatoms. The summed E-state index contributed by atoms with van der Waals surface area (Å²) in [6.45, 7) is 10.2. The summed E-state index contributed by atoms with van der Waals surface area (Å²) in [5.74, 6) is -1.44. The van der Waals surface area contributed by atoms with E-state index in [0.29, 0.717) is 107 Å². The first kappa shape index (κ1) is 50.6. The number of rotatable bonds is 12. The average molecular weight is 1040 g/mol. The highest BCUT2D eigenvalue weighted by Crippen LogP contribution is 2.36. The van der Waals surface area contributed by atoms with Gasteiger partial charge in [-0.05, 0) is 112 Å². The van der Waals surface area contributed by atoms with Gasteiger partial charge >= 0.3 is 0 Å². The third-order valence-electron chi connectivity index (χ3n) is 16.6.